The van der Waals surface area contributed by atoms with Crippen LogP contribution in [0.5, 0.6) is 0 Å². The molecule has 1 rings (SSSR count). The van der Waals surface area contributed by atoms with Gasteiger partial charge in [0.15, 0.2) is 0 Å². The van der Waals surface area contributed by atoms with E-state index in [2.05, 4.69) is 31.4 Å². The predicted molar refractivity (Wildman–Crippen MR) is 70.7 cm³/mol. The third-order valence-electron chi connectivity index (χ3n) is 3.14. The molecule has 0 aliphatic heterocycles. The minimum Gasteiger partial charge on any atom is -0.353 e. The maximum absolute atomic E-state index is 11.7. The molecule has 1 aliphatic carbocycles. The maximum Gasteiger partial charge on any atom is 0.221 e. The number of rotatable bonds is 4. The van der Waals surface area contributed by atoms with Crippen molar-refractivity contribution < 1.29 is 4.79 Å². The minimum absolute atomic E-state index is 0.0812. The molecule has 4 nitrogen and oxygen atoms in total. The Morgan fingerprint density at radius 2 is 1.82 bits per heavy atom. The highest BCUT2D eigenvalue weighted by molar-refractivity contribution is 5.76. The smallest absolute Gasteiger partial charge is 0.221 e. The summed E-state index contributed by atoms with van der Waals surface area (Å²) in [5.41, 5.74) is 5.91. The van der Waals surface area contributed by atoms with Crippen LogP contribution in [0.4, 0.5) is 0 Å². The highest BCUT2D eigenvalue weighted by atomic mass is 16.1. The fraction of sp³-hybridized carbons (Fsp3) is 0.923. The van der Waals surface area contributed by atoms with Crippen LogP contribution in [0.15, 0.2) is 0 Å². The Kier molecular flexibility index (Phi) is 5.40. The molecule has 0 bridgehead atoms. The second kappa shape index (κ2) is 6.36. The standard InChI is InChI=1S/C13H27N3O/c1-13(2,3)15-9-8-12(17)16-11-6-4-10(14)5-7-11/h10-11,15H,4-9,14H2,1-3H3,(H,16,17). The fourth-order valence-corrected chi connectivity index (χ4v) is 2.11. The SMILES string of the molecule is CC(C)(C)NCCC(=O)NC1CCC(N)CC1. The van der Waals surface area contributed by atoms with Crippen LogP contribution in [0.2, 0.25) is 0 Å². The van der Waals surface area contributed by atoms with Gasteiger partial charge in [-0.05, 0) is 46.5 Å². The molecule has 4 N–H and O–H groups in total. The number of hydrogen-bond donors (Lipinski definition) is 3. The van der Waals surface area contributed by atoms with Crippen LogP contribution in [0.3, 0.4) is 0 Å². The molecular formula is C13H27N3O. The minimum atomic E-state index is 0.0812. The van der Waals surface area contributed by atoms with Gasteiger partial charge in [0.1, 0.15) is 0 Å². The molecule has 0 aromatic rings. The average Bonchev–Trinajstić information content (AvgIpc) is 2.19. The lowest BCUT2D eigenvalue weighted by Gasteiger charge is -2.27. The van der Waals surface area contributed by atoms with Gasteiger partial charge < -0.3 is 16.4 Å². The van der Waals surface area contributed by atoms with Crippen LogP contribution < -0.4 is 16.4 Å². The van der Waals surface area contributed by atoms with Gasteiger partial charge in [-0.15, -0.1) is 0 Å². The third kappa shape index (κ3) is 6.64. The first kappa shape index (κ1) is 14.5. The molecule has 1 aliphatic rings. The maximum atomic E-state index is 11.7. The van der Waals surface area contributed by atoms with E-state index in [1.165, 1.54) is 0 Å². The van der Waals surface area contributed by atoms with E-state index in [1.54, 1.807) is 0 Å². The zero-order chi connectivity index (χ0) is 12.9. The van der Waals surface area contributed by atoms with Crippen molar-refractivity contribution in [2.24, 2.45) is 5.73 Å². The van der Waals surface area contributed by atoms with Crippen molar-refractivity contribution in [2.75, 3.05) is 6.54 Å². The molecule has 0 saturated heterocycles. The predicted octanol–water partition coefficient (Wildman–Crippen LogP) is 1.15. The van der Waals surface area contributed by atoms with Gasteiger partial charge in [0.25, 0.3) is 0 Å². The molecule has 0 heterocycles. The van der Waals surface area contributed by atoms with E-state index in [0.717, 1.165) is 32.2 Å². The molecule has 1 fully saturated rings. The van der Waals surface area contributed by atoms with Gasteiger partial charge in [-0.2, -0.15) is 0 Å². The molecular weight excluding hydrogens is 214 g/mol. The lowest BCUT2D eigenvalue weighted by Crippen LogP contribution is -2.42. The molecule has 0 spiro atoms. The van der Waals surface area contributed by atoms with Crippen molar-refractivity contribution in [1.82, 2.24) is 10.6 Å². The van der Waals surface area contributed by atoms with Crippen molar-refractivity contribution >= 4 is 5.91 Å². The molecule has 1 saturated carbocycles. The van der Waals surface area contributed by atoms with Crippen LogP contribution in [0, 0.1) is 0 Å². The lowest BCUT2D eigenvalue weighted by molar-refractivity contribution is -0.122. The van der Waals surface area contributed by atoms with E-state index in [9.17, 15) is 4.79 Å². The second-order valence-electron chi connectivity index (χ2n) is 6.11. The number of nitrogens with two attached hydrogens (primary N) is 1. The quantitative estimate of drug-likeness (QED) is 0.691. The number of carbonyl (C=O) groups excluding carboxylic acids is 1. The highest BCUT2D eigenvalue weighted by Gasteiger charge is 2.19. The van der Waals surface area contributed by atoms with Gasteiger partial charge in [-0.1, -0.05) is 0 Å². The van der Waals surface area contributed by atoms with Crippen LogP contribution >= 0.6 is 0 Å². The van der Waals surface area contributed by atoms with E-state index in [4.69, 9.17) is 5.73 Å². The Labute approximate surface area is 105 Å². The van der Waals surface area contributed by atoms with Crippen molar-refractivity contribution in [3.63, 3.8) is 0 Å². The first-order valence-electron chi connectivity index (χ1n) is 6.67. The Bertz CT molecular complexity index is 240. The lowest BCUT2D eigenvalue weighted by atomic mass is 9.92. The van der Waals surface area contributed by atoms with E-state index < -0.39 is 0 Å². The summed E-state index contributed by atoms with van der Waals surface area (Å²) < 4.78 is 0. The van der Waals surface area contributed by atoms with Crippen LogP contribution in [0.25, 0.3) is 0 Å². The largest absolute Gasteiger partial charge is 0.353 e. The number of carbonyl (C=O) groups is 1. The van der Waals surface area contributed by atoms with Crippen molar-refractivity contribution in [1.29, 1.82) is 0 Å². The summed E-state index contributed by atoms with van der Waals surface area (Å²) in [5.74, 6) is 0.155. The Morgan fingerprint density at radius 3 is 2.35 bits per heavy atom. The monoisotopic (exact) mass is 241 g/mol. The van der Waals surface area contributed by atoms with Crippen LogP contribution in [-0.4, -0.2) is 30.1 Å². The van der Waals surface area contributed by atoms with E-state index in [0.29, 0.717) is 18.5 Å². The van der Waals surface area contributed by atoms with Crippen LogP contribution in [0.1, 0.15) is 52.9 Å². The topological polar surface area (TPSA) is 67.2 Å². The summed E-state index contributed by atoms with van der Waals surface area (Å²) >= 11 is 0. The molecule has 4 heteroatoms. The summed E-state index contributed by atoms with van der Waals surface area (Å²) in [4.78, 5) is 11.7. The zero-order valence-corrected chi connectivity index (χ0v) is 11.4. The van der Waals surface area contributed by atoms with Gasteiger partial charge in [-0.3, -0.25) is 4.79 Å². The molecule has 0 unspecified atom stereocenters. The molecule has 1 amide bonds. The molecule has 0 aromatic heterocycles. The molecule has 0 aromatic carbocycles. The molecule has 0 radical (unpaired) electrons. The zero-order valence-electron chi connectivity index (χ0n) is 11.4. The third-order valence-corrected chi connectivity index (χ3v) is 3.14. The van der Waals surface area contributed by atoms with Crippen LogP contribution in [-0.2, 0) is 4.79 Å². The highest BCUT2D eigenvalue weighted by Crippen LogP contribution is 2.16. The summed E-state index contributed by atoms with van der Waals surface area (Å²) in [6, 6.07) is 0.683. The van der Waals surface area contributed by atoms with Crippen molar-refractivity contribution in [3.8, 4) is 0 Å². The summed E-state index contributed by atoms with van der Waals surface area (Å²) in [5, 5.41) is 6.41. The van der Waals surface area contributed by atoms with Crippen molar-refractivity contribution in [3.05, 3.63) is 0 Å². The summed E-state index contributed by atoms with van der Waals surface area (Å²) in [6.45, 7) is 7.05. The summed E-state index contributed by atoms with van der Waals surface area (Å²) in [6.07, 6.45) is 4.68. The summed E-state index contributed by atoms with van der Waals surface area (Å²) in [7, 11) is 0. The van der Waals surface area contributed by atoms with Gasteiger partial charge in [0.2, 0.25) is 5.91 Å². The second-order valence-corrected chi connectivity index (χ2v) is 6.11. The van der Waals surface area contributed by atoms with E-state index >= 15 is 0 Å². The number of amides is 1. The average molecular weight is 241 g/mol. The van der Waals surface area contributed by atoms with Gasteiger partial charge in [0, 0.05) is 30.6 Å². The molecule has 17 heavy (non-hydrogen) atoms. The van der Waals surface area contributed by atoms with Crippen molar-refractivity contribution in [2.45, 2.75) is 70.5 Å². The molecule has 100 valence electrons. The fourth-order valence-electron chi connectivity index (χ4n) is 2.11. The first-order valence-corrected chi connectivity index (χ1v) is 6.67. The van der Waals surface area contributed by atoms with Gasteiger partial charge in [-0.25, -0.2) is 0 Å². The number of hydrogen-bond acceptors (Lipinski definition) is 3. The van der Waals surface area contributed by atoms with Gasteiger partial charge >= 0.3 is 0 Å². The Morgan fingerprint density at radius 1 is 1.24 bits per heavy atom. The van der Waals surface area contributed by atoms with E-state index in [-0.39, 0.29) is 11.4 Å². The number of nitrogens with one attached hydrogen (secondary N) is 2. The van der Waals surface area contributed by atoms with E-state index in [1.807, 2.05) is 0 Å². The Balaban J connectivity index is 2.13. The van der Waals surface area contributed by atoms with Gasteiger partial charge in [0.05, 0.1) is 0 Å². The normalized spacial score (nSPS) is 25.6. The first-order chi connectivity index (χ1) is 7.87. The Hall–Kier alpha value is -0.610. The molecule has 0 atom stereocenters.